The normalized spacial score (nSPS) is 23.2. The van der Waals surface area contributed by atoms with Crippen molar-refractivity contribution < 1.29 is 19.1 Å². The Bertz CT molecular complexity index is 554. The highest BCUT2D eigenvalue weighted by Gasteiger charge is 2.52. The first-order valence-electron chi connectivity index (χ1n) is 9.61. The molecular weight excluding hydrogens is 372 g/mol. The first kappa shape index (κ1) is 21.9. The fraction of sp³-hybridized carbons (Fsp3) is 0.833. The van der Waals surface area contributed by atoms with Crippen LogP contribution in [0.5, 0.6) is 0 Å². The minimum absolute atomic E-state index is 0. The Labute approximate surface area is 166 Å². The number of carbonyl (C=O) groups is 3. The lowest BCUT2D eigenvalue weighted by atomic mass is 9.79. The van der Waals surface area contributed by atoms with Crippen molar-refractivity contribution in [2.24, 2.45) is 5.41 Å². The molecule has 0 aromatic heterocycles. The molecule has 27 heavy (non-hydrogen) atoms. The minimum atomic E-state index is -0.703. The number of hydrogen-bond donors (Lipinski definition) is 3. The maximum atomic E-state index is 12.6. The predicted molar refractivity (Wildman–Crippen MR) is 103 cm³/mol. The van der Waals surface area contributed by atoms with Crippen molar-refractivity contribution in [2.75, 3.05) is 39.9 Å². The van der Waals surface area contributed by atoms with Gasteiger partial charge in [-0.25, -0.2) is 4.79 Å². The number of ether oxygens (including phenoxy) is 1. The van der Waals surface area contributed by atoms with Crippen LogP contribution in [0.4, 0.5) is 4.79 Å². The standard InChI is InChI=1S/C18H30N4O4.ClH/c1-26-13-17(7-9-19-10-8-17)12-20-14(23)4-11-22-15(24)18(21-16(22)25)5-2-3-6-18;/h19H,2-13H2,1H3,(H,20,23)(H,21,25);1H. The molecule has 1 saturated carbocycles. The number of carbonyl (C=O) groups excluding carboxylic acids is 3. The molecular formula is C18H31ClN4O4. The Morgan fingerprint density at radius 3 is 2.48 bits per heavy atom. The van der Waals surface area contributed by atoms with Crippen LogP contribution in [0.15, 0.2) is 0 Å². The Morgan fingerprint density at radius 1 is 1.19 bits per heavy atom. The number of amides is 4. The SMILES string of the molecule is COCC1(CNC(=O)CCN2C(=O)NC3(CCCC3)C2=O)CCNCC1.Cl. The van der Waals surface area contributed by atoms with Gasteiger partial charge in [-0.1, -0.05) is 12.8 Å². The summed E-state index contributed by atoms with van der Waals surface area (Å²) in [5.41, 5.74) is -0.740. The third kappa shape index (κ3) is 4.73. The van der Waals surface area contributed by atoms with Gasteiger partial charge < -0.3 is 20.7 Å². The second-order valence-corrected chi connectivity index (χ2v) is 7.89. The number of halogens is 1. The molecule has 0 radical (unpaired) electrons. The lowest BCUT2D eigenvalue weighted by molar-refractivity contribution is -0.131. The summed E-state index contributed by atoms with van der Waals surface area (Å²) in [7, 11) is 1.68. The molecule has 0 aromatic carbocycles. The van der Waals surface area contributed by atoms with Gasteiger partial charge in [0, 0.05) is 32.0 Å². The summed E-state index contributed by atoms with van der Waals surface area (Å²) in [5.74, 6) is -0.297. The quantitative estimate of drug-likeness (QED) is 0.547. The number of imide groups is 1. The molecule has 0 unspecified atom stereocenters. The number of urea groups is 1. The molecule has 2 aliphatic heterocycles. The summed E-state index contributed by atoms with van der Waals surface area (Å²) in [6.45, 7) is 3.15. The number of methoxy groups -OCH3 is 1. The maximum absolute atomic E-state index is 12.6. The van der Waals surface area contributed by atoms with E-state index in [0.717, 1.165) is 38.8 Å². The van der Waals surface area contributed by atoms with Gasteiger partial charge in [0.2, 0.25) is 5.91 Å². The molecule has 0 bridgehead atoms. The predicted octanol–water partition coefficient (Wildman–Crippen LogP) is 0.795. The molecule has 3 fully saturated rings. The van der Waals surface area contributed by atoms with Crippen LogP contribution < -0.4 is 16.0 Å². The fourth-order valence-electron chi connectivity index (χ4n) is 4.42. The molecule has 1 spiro atoms. The van der Waals surface area contributed by atoms with E-state index in [1.807, 2.05) is 0 Å². The van der Waals surface area contributed by atoms with Crippen LogP contribution in [0.2, 0.25) is 0 Å². The van der Waals surface area contributed by atoms with E-state index in [1.165, 1.54) is 4.90 Å². The molecule has 9 heteroatoms. The van der Waals surface area contributed by atoms with Crippen LogP contribution in [0.3, 0.4) is 0 Å². The zero-order valence-electron chi connectivity index (χ0n) is 16.0. The molecule has 0 aromatic rings. The van der Waals surface area contributed by atoms with Crippen LogP contribution in [0.1, 0.15) is 44.9 Å². The number of nitrogens with one attached hydrogen (secondary N) is 3. The lowest BCUT2D eigenvalue weighted by Crippen LogP contribution is -2.47. The second-order valence-electron chi connectivity index (χ2n) is 7.89. The third-order valence-electron chi connectivity index (χ3n) is 6.04. The van der Waals surface area contributed by atoms with Crippen molar-refractivity contribution in [1.29, 1.82) is 0 Å². The largest absolute Gasteiger partial charge is 0.384 e. The molecule has 3 rings (SSSR count). The highest BCUT2D eigenvalue weighted by molar-refractivity contribution is 6.07. The van der Waals surface area contributed by atoms with Crippen molar-refractivity contribution in [1.82, 2.24) is 20.9 Å². The van der Waals surface area contributed by atoms with Gasteiger partial charge in [0.15, 0.2) is 0 Å². The third-order valence-corrected chi connectivity index (χ3v) is 6.04. The zero-order valence-corrected chi connectivity index (χ0v) is 16.8. The molecule has 2 saturated heterocycles. The van der Waals surface area contributed by atoms with E-state index in [1.54, 1.807) is 7.11 Å². The molecule has 3 N–H and O–H groups in total. The topological polar surface area (TPSA) is 99.8 Å². The van der Waals surface area contributed by atoms with E-state index in [4.69, 9.17) is 4.74 Å². The zero-order chi connectivity index (χ0) is 18.6. The fourth-order valence-corrected chi connectivity index (χ4v) is 4.42. The van der Waals surface area contributed by atoms with Crippen LogP contribution in [0, 0.1) is 5.41 Å². The van der Waals surface area contributed by atoms with Gasteiger partial charge in [-0.2, -0.15) is 0 Å². The first-order valence-corrected chi connectivity index (χ1v) is 9.61. The van der Waals surface area contributed by atoms with Crippen molar-refractivity contribution in [3.8, 4) is 0 Å². The lowest BCUT2D eigenvalue weighted by Gasteiger charge is -2.37. The number of piperidine rings is 1. The van der Waals surface area contributed by atoms with Gasteiger partial charge in [0.25, 0.3) is 5.91 Å². The van der Waals surface area contributed by atoms with Gasteiger partial charge in [0.1, 0.15) is 5.54 Å². The molecule has 154 valence electrons. The molecule has 4 amide bonds. The maximum Gasteiger partial charge on any atom is 0.325 e. The molecule has 0 atom stereocenters. The van der Waals surface area contributed by atoms with E-state index in [0.29, 0.717) is 26.0 Å². The van der Waals surface area contributed by atoms with Crippen molar-refractivity contribution >= 4 is 30.3 Å². The van der Waals surface area contributed by atoms with Crippen molar-refractivity contribution in [2.45, 2.75) is 50.5 Å². The summed E-state index contributed by atoms with van der Waals surface area (Å²) in [6.07, 6.45) is 5.36. The van der Waals surface area contributed by atoms with Gasteiger partial charge in [-0.15, -0.1) is 12.4 Å². The molecule has 2 heterocycles. The van der Waals surface area contributed by atoms with Crippen LogP contribution >= 0.6 is 12.4 Å². The van der Waals surface area contributed by atoms with E-state index < -0.39 is 5.54 Å². The van der Waals surface area contributed by atoms with Gasteiger partial charge in [-0.05, 0) is 38.8 Å². The number of rotatable bonds is 7. The smallest absolute Gasteiger partial charge is 0.325 e. The van der Waals surface area contributed by atoms with E-state index in [9.17, 15) is 14.4 Å². The Hall–Kier alpha value is -1.38. The summed E-state index contributed by atoms with van der Waals surface area (Å²) in [4.78, 5) is 38.2. The van der Waals surface area contributed by atoms with Gasteiger partial charge in [0.05, 0.1) is 6.61 Å². The van der Waals surface area contributed by atoms with Crippen molar-refractivity contribution in [3.63, 3.8) is 0 Å². The van der Waals surface area contributed by atoms with Crippen molar-refractivity contribution in [3.05, 3.63) is 0 Å². The van der Waals surface area contributed by atoms with Crippen LogP contribution in [0.25, 0.3) is 0 Å². The molecule has 3 aliphatic rings. The Morgan fingerprint density at radius 2 is 1.85 bits per heavy atom. The van der Waals surface area contributed by atoms with E-state index in [-0.39, 0.29) is 48.6 Å². The minimum Gasteiger partial charge on any atom is -0.384 e. The highest BCUT2D eigenvalue weighted by Crippen LogP contribution is 2.35. The molecule has 1 aliphatic carbocycles. The molecule has 8 nitrogen and oxygen atoms in total. The average Bonchev–Trinajstić information content (AvgIpc) is 3.19. The first-order chi connectivity index (χ1) is 12.5. The monoisotopic (exact) mass is 402 g/mol. The Kier molecular flexibility index (Phi) is 7.47. The van der Waals surface area contributed by atoms with Crippen LogP contribution in [-0.4, -0.2) is 68.2 Å². The van der Waals surface area contributed by atoms with E-state index >= 15 is 0 Å². The second kappa shape index (κ2) is 9.21. The Balaban J connectivity index is 0.00000261. The number of hydrogen-bond acceptors (Lipinski definition) is 5. The summed E-state index contributed by atoms with van der Waals surface area (Å²) in [6, 6.07) is -0.362. The van der Waals surface area contributed by atoms with E-state index in [2.05, 4.69) is 16.0 Å². The summed E-state index contributed by atoms with van der Waals surface area (Å²) >= 11 is 0. The number of nitrogens with zero attached hydrogens (tertiary/aromatic N) is 1. The summed E-state index contributed by atoms with van der Waals surface area (Å²) < 4.78 is 5.35. The highest BCUT2D eigenvalue weighted by atomic mass is 35.5. The van der Waals surface area contributed by atoms with Gasteiger partial charge in [-0.3, -0.25) is 14.5 Å². The summed E-state index contributed by atoms with van der Waals surface area (Å²) in [5, 5.41) is 9.14. The van der Waals surface area contributed by atoms with Crippen LogP contribution in [-0.2, 0) is 14.3 Å². The average molecular weight is 403 g/mol. The van der Waals surface area contributed by atoms with Gasteiger partial charge >= 0.3 is 6.03 Å².